The lowest BCUT2D eigenvalue weighted by molar-refractivity contribution is -0.159. The van der Waals surface area contributed by atoms with Gasteiger partial charge in [-0.05, 0) is 50.2 Å². The van der Waals surface area contributed by atoms with Gasteiger partial charge < -0.3 is 29.5 Å². The molecule has 0 radical (unpaired) electrons. The number of aromatic nitrogens is 1. The van der Waals surface area contributed by atoms with Crippen LogP contribution >= 0.6 is 0 Å². The molecule has 1 saturated heterocycles. The summed E-state index contributed by atoms with van der Waals surface area (Å²) >= 11 is 0. The van der Waals surface area contributed by atoms with Gasteiger partial charge in [-0.3, -0.25) is 9.59 Å². The Balaban J connectivity index is 1.77. The van der Waals surface area contributed by atoms with Crippen molar-refractivity contribution in [3.05, 3.63) is 12.1 Å². The summed E-state index contributed by atoms with van der Waals surface area (Å²) in [4.78, 5) is 32.3. The number of aliphatic hydroxyl groups is 1. The van der Waals surface area contributed by atoms with E-state index in [-0.39, 0.29) is 25.2 Å². The number of ether oxygens (including phenoxy) is 3. The number of methoxy groups -OCH3 is 1. The Bertz CT molecular complexity index is 807. The van der Waals surface area contributed by atoms with E-state index in [0.29, 0.717) is 37.1 Å². The molecule has 3 rings (SSSR count). The molecule has 1 saturated carbocycles. The summed E-state index contributed by atoms with van der Waals surface area (Å²) in [6.45, 7) is 7.63. The van der Waals surface area contributed by atoms with Crippen LogP contribution in [0.15, 0.2) is 12.1 Å². The van der Waals surface area contributed by atoms with Crippen LogP contribution in [0.25, 0.3) is 0 Å². The number of amides is 1. The highest BCUT2D eigenvalue weighted by Crippen LogP contribution is 2.40. The highest BCUT2D eigenvalue weighted by atomic mass is 16.5. The molecule has 0 bridgehead atoms. The molecular weight excluding hydrogens is 414 g/mol. The molecule has 0 aromatic carbocycles. The molecule has 9 heteroatoms. The number of nitrogens with zero attached hydrogens (tertiary/aromatic N) is 2. The van der Waals surface area contributed by atoms with Crippen LogP contribution in [0.4, 0.5) is 11.5 Å². The van der Waals surface area contributed by atoms with E-state index in [9.17, 15) is 14.7 Å². The van der Waals surface area contributed by atoms with Crippen molar-refractivity contribution >= 4 is 23.4 Å². The van der Waals surface area contributed by atoms with Crippen molar-refractivity contribution in [1.82, 2.24) is 4.98 Å². The van der Waals surface area contributed by atoms with Crippen molar-refractivity contribution in [3.63, 3.8) is 0 Å². The second-order valence-corrected chi connectivity index (χ2v) is 8.50. The van der Waals surface area contributed by atoms with E-state index in [1.165, 1.54) is 0 Å². The third-order valence-electron chi connectivity index (χ3n) is 6.65. The number of anilines is 2. The molecule has 0 spiro atoms. The number of pyridine rings is 1. The summed E-state index contributed by atoms with van der Waals surface area (Å²) in [6.07, 6.45) is 1.76. The molecule has 2 N–H and O–H groups in total. The molecular formula is C23H35N3O6. The Kier molecular flexibility index (Phi) is 7.95. The Morgan fingerprint density at radius 3 is 2.50 bits per heavy atom. The standard InChI is InChI=1S/C23H35N3O6/c1-5-23(6-2,22(29)31-7-3)21(28)25-19-9-8-18(26-11-17(12-26)30-4)20(24-19)32-14-16-10-15(16)13-27/h8-9,15-17,27H,5-7,10-14H2,1-4H3,(H,24,25,28)/t15-,16-/m1/s1. The smallest absolute Gasteiger partial charge is 0.321 e. The molecule has 1 aromatic heterocycles. The molecule has 2 atom stereocenters. The van der Waals surface area contributed by atoms with E-state index >= 15 is 0 Å². The molecule has 32 heavy (non-hydrogen) atoms. The van der Waals surface area contributed by atoms with E-state index in [2.05, 4.69) is 15.2 Å². The van der Waals surface area contributed by atoms with Gasteiger partial charge >= 0.3 is 5.97 Å². The van der Waals surface area contributed by atoms with E-state index in [1.807, 2.05) is 6.07 Å². The van der Waals surface area contributed by atoms with Crippen molar-refractivity contribution in [1.29, 1.82) is 0 Å². The molecule has 9 nitrogen and oxygen atoms in total. The first kappa shape index (κ1) is 24.3. The van der Waals surface area contributed by atoms with Crippen LogP contribution in [0, 0.1) is 17.3 Å². The Morgan fingerprint density at radius 1 is 1.22 bits per heavy atom. The first-order valence-corrected chi connectivity index (χ1v) is 11.4. The van der Waals surface area contributed by atoms with Crippen LogP contribution in [0.3, 0.4) is 0 Å². The van der Waals surface area contributed by atoms with Crippen molar-refractivity contribution in [2.24, 2.45) is 17.3 Å². The van der Waals surface area contributed by atoms with Crippen LogP contribution in [0.1, 0.15) is 40.0 Å². The Morgan fingerprint density at radius 2 is 1.94 bits per heavy atom. The highest BCUT2D eigenvalue weighted by molar-refractivity contribution is 6.08. The first-order valence-electron chi connectivity index (χ1n) is 11.4. The first-order chi connectivity index (χ1) is 15.4. The van der Waals surface area contributed by atoms with Crippen molar-refractivity contribution in [2.45, 2.75) is 46.1 Å². The highest BCUT2D eigenvalue weighted by Gasteiger charge is 2.44. The third-order valence-corrected chi connectivity index (χ3v) is 6.65. The lowest BCUT2D eigenvalue weighted by Gasteiger charge is -2.40. The summed E-state index contributed by atoms with van der Waals surface area (Å²) in [5, 5.41) is 12.1. The fourth-order valence-electron chi connectivity index (χ4n) is 4.02. The van der Waals surface area contributed by atoms with E-state index < -0.39 is 17.3 Å². The van der Waals surface area contributed by atoms with Gasteiger partial charge in [0.25, 0.3) is 0 Å². The lowest BCUT2D eigenvalue weighted by atomic mass is 9.81. The lowest BCUT2D eigenvalue weighted by Crippen LogP contribution is -2.52. The zero-order valence-electron chi connectivity index (χ0n) is 19.4. The Labute approximate surface area is 189 Å². The van der Waals surface area contributed by atoms with Crippen LogP contribution in [0.5, 0.6) is 5.88 Å². The monoisotopic (exact) mass is 449 g/mol. The summed E-state index contributed by atoms with van der Waals surface area (Å²) < 4.78 is 16.6. The van der Waals surface area contributed by atoms with Gasteiger partial charge in [0.2, 0.25) is 11.8 Å². The Hall–Kier alpha value is -2.39. The minimum atomic E-state index is -1.26. The maximum Gasteiger partial charge on any atom is 0.321 e. The van der Waals surface area contributed by atoms with E-state index in [0.717, 1.165) is 25.2 Å². The summed E-state index contributed by atoms with van der Waals surface area (Å²) in [5.74, 6) is 0.386. The van der Waals surface area contributed by atoms with Crippen LogP contribution < -0.4 is 15.0 Å². The second kappa shape index (κ2) is 10.5. The van der Waals surface area contributed by atoms with Crippen LogP contribution in [-0.2, 0) is 19.1 Å². The second-order valence-electron chi connectivity index (χ2n) is 8.50. The SMILES string of the molecule is CCOC(=O)C(CC)(CC)C(=O)Nc1ccc(N2CC(OC)C2)c(OC[C@H]2C[C@@H]2CO)n1. The fraction of sp³-hybridized carbons (Fsp3) is 0.696. The zero-order chi connectivity index (χ0) is 23.3. The van der Waals surface area contributed by atoms with Crippen molar-refractivity contribution in [3.8, 4) is 5.88 Å². The molecule has 2 heterocycles. The number of rotatable bonds is 12. The quantitative estimate of drug-likeness (QED) is 0.369. The largest absolute Gasteiger partial charge is 0.476 e. The molecule has 1 aliphatic carbocycles. The predicted octanol–water partition coefficient (Wildman–Crippen LogP) is 2.23. The molecule has 1 aliphatic heterocycles. The van der Waals surface area contributed by atoms with Crippen LogP contribution in [0.2, 0.25) is 0 Å². The fourth-order valence-corrected chi connectivity index (χ4v) is 4.02. The molecule has 2 fully saturated rings. The van der Waals surface area contributed by atoms with Gasteiger partial charge in [0.05, 0.1) is 19.3 Å². The van der Waals surface area contributed by atoms with Gasteiger partial charge in [-0.2, -0.15) is 4.98 Å². The molecule has 2 aliphatic rings. The van der Waals surface area contributed by atoms with Gasteiger partial charge in [0.1, 0.15) is 16.9 Å². The summed E-state index contributed by atoms with van der Waals surface area (Å²) in [6, 6.07) is 3.58. The average Bonchev–Trinajstić information content (AvgIpc) is 3.53. The number of carbonyl (C=O) groups is 2. The summed E-state index contributed by atoms with van der Waals surface area (Å²) in [7, 11) is 1.69. The molecule has 1 amide bonds. The average molecular weight is 450 g/mol. The number of carbonyl (C=O) groups excluding carboxylic acids is 2. The maximum atomic E-state index is 13.1. The predicted molar refractivity (Wildman–Crippen MR) is 120 cm³/mol. The number of hydrogen-bond donors (Lipinski definition) is 2. The molecule has 0 unspecified atom stereocenters. The van der Waals surface area contributed by atoms with E-state index in [4.69, 9.17) is 14.2 Å². The van der Waals surface area contributed by atoms with Gasteiger partial charge in [-0.1, -0.05) is 13.8 Å². The van der Waals surface area contributed by atoms with Crippen molar-refractivity contribution < 1.29 is 28.9 Å². The summed E-state index contributed by atoms with van der Waals surface area (Å²) in [5.41, 5.74) is -0.428. The molecule has 178 valence electrons. The number of aliphatic hydroxyl groups excluding tert-OH is 1. The van der Waals surface area contributed by atoms with E-state index in [1.54, 1.807) is 33.9 Å². The number of hydrogen-bond acceptors (Lipinski definition) is 8. The minimum absolute atomic E-state index is 0.163. The number of esters is 1. The van der Waals surface area contributed by atoms with Gasteiger partial charge in [0, 0.05) is 26.8 Å². The normalized spacial score (nSPS) is 20.5. The zero-order valence-corrected chi connectivity index (χ0v) is 19.4. The van der Waals surface area contributed by atoms with Crippen molar-refractivity contribution in [2.75, 3.05) is 50.2 Å². The number of nitrogens with one attached hydrogen (secondary N) is 1. The molecule has 1 aromatic rings. The van der Waals surface area contributed by atoms with Gasteiger partial charge in [0.15, 0.2) is 0 Å². The van der Waals surface area contributed by atoms with Crippen LogP contribution in [-0.4, -0.2) is 68.1 Å². The van der Waals surface area contributed by atoms with Gasteiger partial charge in [-0.15, -0.1) is 0 Å². The maximum absolute atomic E-state index is 13.1. The topological polar surface area (TPSA) is 110 Å². The minimum Gasteiger partial charge on any atom is -0.476 e. The third kappa shape index (κ3) is 4.99. The van der Waals surface area contributed by atoms with Gasteiger partial charge in [-0.25, -0.2) is 0 Å².